The summed E-state index contributed by atoms with van der Waals surface area (Å²) in [6, 6.07) is 4.19. The number of morpholine rings is 1. The Balaban J connectivity index is 1.92. The van der Waals surface area contributed by atoms with Crippen molar-refractivity contribution in [2.75, 3.05) is 38.7 Å². The predicted octanol–water partition coefficient (Wildman–Crippen LogP) is 0.820. The van der Waals surface area contributed by atoms with Gasteiger partial charge in [0.1, 0.15) is 11.3 Å². The number of amides is 1. The van der Waals surface area contributed by atoms with Crippen molar-refractivity contribution in [1.29, 1.82) is 0 Å². The average Bonchev–Trinajstić information content (AvgIpc) is 3.14. The smallest absolute Gasteiger partial charge is 0.261 e. The van der Waals surface area contributed by atoms with Gasteiger partial charge in [-0.05, 0) is 18.2 Å². The first-order chi connectivity index (χ1) is 12.0. The number of sulfonamides is 1. The largest absolute Gasteiger partial charge is 0.496 e. The lowest BCUT2D eigenvalue weighted by Gasteiger charge is -2.26. The van der Waals surface area contributed by atoms with Crippen molar-refractivity contribution < 1.29 is 22.7 Å². The second kappa shape index (κ2) is 7.44. The lowest BCUT2D eigenvalue weighted by Crippen LogP contribution is -2.40. The van der Waals surface area contributed by atoms with Gasteiger partial charge in [-0.2, -0.15) is 4.31 Å². The van der Waals surface area contributed by atoms with Crippen molar-refractivity contribution in [3.05, 3.63) is 29.3 Å². The monoisotopic (exact) mass is 384 g/mol. The van der Waals surface area contributed by atoms with Gasteiger partial charge in [0, 0.05) is 13.1 Å². The third-order valence-electron chi connectivity index (χ3n) is 3.60. The molecule has 1 fully saturated rings. The molecule has 9 nitrogen and oxygen atoms in total. The minimum absolute atomic E-state index is 0.0256. The summed E-state index contributed by atoms with van der Waals surface area (Å²) in [4.78, 5) is 12.5. The molecule has 0 unspecified atom stereocenters. The Labute approximate surface area is 148 Å². The lowest BCUT2D eigenvalue weighted by molar-refractivity contribution is 0.0730. The van der Waals surface area contributed by atoms with Crippen LogP contribution in [0.2, 0.25) is 0 Å². The van der Waals surface area contributed by atoms with E-state index in [2.05, 4.69) is 15.5 Å². The van der Waals surface area contributed by atoms with Gasteiger partial charge in [-0.25, -0.2) is 8.42 Å². The number of carbonyl (C=O) groups excluding carboxylic acids is 1. The molecule has 0 radical (unpaired) electrons. The highest BCUT2D eigenvalue weighted by molar-refractivity contribution is 7.89. The van der Waals surface area contributed by atoms with E-state index in [0.717, 1.165) is 11.3 Å². The van der Waals surface area contributed by atoms with Gasteiger partial charge in [0.2, 0.25) is 15.2 Å². The minimum Gasteiger partial charge on any atom is -0.496 e. The fourth-order valence-corrected chi connectivity index (χ4v) is 4.23. The maximum absolute atomic E-state index is 12.8. The number of anilines is 1. The molecule has 1 saturated heterocycles. The van der Waals surface area contributed by atoms with Gasteiger partial charge in [0.25, 0.3) is 5.91 Å². The summed E-state index contributed by atoms with van der Waals surface area (Å²) in [7, 11) is -2.30. The number of methoxy groups -OCH3 is 1. The number of aromatic nitrogens is 2. The molecule has 0 bridgehead atoms. The molecule has 134 valence electrons. The highest BCUT2D eigenvalue weighted by Gasteiger charge is 2.28. The maximum Gasteiger partial charge on any atom is 0.261 e. The second-order valence-electron chi connectivity index (χ2n) is 5.08. The Morgan fingerprint density at radius 1 is 1.36 bits per heavy atom. The van der Waals surface area contributed by atoms with Gasteiger partial charge in [-0.1, -0.05) is 11.3 Å². The third-order valence-corrected chi connectivity index (χ3v) is 6.11. The fourth-order valence-electron chi connectivity index (χ4n) is 2.35. The molecular formula is C14H16N4O5S2. The van der Waals surface area contributed by atoms with E-state index < -0.39 is 15.9 Å². The van der Waals surface area contributed by atoms with Gasteiger partial charge in [0.15, 0.2) is 0 Å². The molecule has 2 aromatic rings. The average molecular weight is 384 g/mol. The molecule has 1 aliphatic rings. The molecule has 0 saturated carbocycles. The SMILES string of the molecule is COc1ccc(S(=O)(=O)N2CCOCC2)cc1C(=O)Nc1nncs1. The van der Waals surface area contributed by atoms with Crippen LogP contribution in [0.4, 0.5) is 5.13 Å². The number of hydrogen-bond donors (Lipinski definition) is 1. The van der Waals surface area contributed by atoms with Crippen LogP contribution in [-0.4, -0.2) is 62.2 Å². The zero-order valence-corrected chi connectivity index (χ0v) is 15.0. The van der Waals surface area contributed by atoms with Crippen LogP contribution in [-0.2, 0) is 14.8 Å². The van der Waals surface area contributed by atoms with E-state index in [9.17, 15) is 13.2 Å². The number of ether oxygens (including phenoxy) is 2. The van der Waals surface area contributed by atoms with E-state index in [1.54, 1.807) is 0 Å². The number of nitrogens with zero attached hydrogens (tertiary/aromatic N) is 3. The first-order valence-electron chi connectivity index (χ1n) is 7.36. The van der Waals surface area contributed by atoms with E-state index in [4.69, 9.17) is 9.47 Å². The Hall–Kier alpha value is -2.08. The van der Waals surface area contributed by atoms with Crippen LogP contribution in [0.5, 0.6) is 5.75 Å². The molecule has 0 aliphatic carbocycles. The summed E-state index contributed by atoms with van der Waals surface area (Å²) in [6.07, 6.45) is 0. The molecule has 11 heteroatoms. The summed E-state index contributed by atoms with van der Waals surface area (Å²) in [5.41, 5.74) is 1.58. The van der Waals surface area contributed by atoms with Crippen molar-refractivity contribution in [3.8, 4) is 5.75 Å². The van der Waals surface area contributed by atoms with Crippen molar-refractivity contribution in [1.82, 2.24) is 14.5 Å². The zero-order chi connectivity index (χ0) is 17.9. The number of benzene rings is 1. The highest BCUT2D eigenvalue weighted by Crippen LogP contribution is 2.26. The van der Waals surface area contributed by atoms with Crippen molar-refractivity contribution in [2.45, 2.75) is 4.90 Å². The summed E-state index contributed by atoms with van der Waals surface area (Å²) < 4.78 is 37.2. The first-order valence-corrected chi connectivity index (χ1v) is 9.68. The van der Waals surface area contributed by atoms with Crippen LogP contribution in [0.1, 0.15) is 10.4 Å². The Bertz CT molecular complexity index is 848. The maximum atomic E-state index is 12.8. The van der Waals surface area contributed by atoms with E-state index in [-0.39, 0.29) is 29.3 Å². The summed E-state index contributed by atoms with van der Waals surface area (Å²) >= 11 is 1.16. The lowest BCUT2D eigenvalue weighted by atomic mass is 10.2. The van der Waals surface area contributed by atoms with Gasteiger partial charge >= 0.3 is 0 Å². The van der Waals surface area contributed by atoms with Gasteiger partial charge in [-0.3, -0.25) is 10.1 Å². The zero-order valence-electron chi connectivity index (χ0n) is 13.3. The van der Waals surface area contributed by atoms with Gasteiger partial charge < -0.3 is 9.47 Å². The van der Waals surface area contributed by atoms with E-state index >= 15 is 0 Å². The highest BCUT2D eigenvalue weighted by atomic mass is 32.2. The summed E-state index contributed by atoms with van der Waals surface area (Å²) in [6.45, 7) is 1.25. The van der Waals surface area contributed by atoms with Gasteiger partial charge in [0.05, 0.1) is 30.8 Å². The van der Waals surface area contributed by atoms with Crippen molar-refractivity contribution >= 4 is 32.4 Å². The molecule has 3 rings (SSSR count). The molecule has 25 heavy (non-hydrogen) atoms. The second-order valence-corrected chi connectivity index (χ2v) is 7.85. The normalized spacial score (nSPS) is 15.7. The topological polar surface area (TPSA) is 111 Å². The molecule has 1 aromatic heterocycles. The number of rotatable bonds is 5. The van der Waals surface area contributed by atoms with E-state index in [1.807, 2.05) is 0 Å². The van der Waals surface area contributed by atoms with Crippen LogP contribution < -0.4 is 10.1 Å². The van der Waals surface area contributed by atoms with Crippen molar-refractivity contribution in [3.63, 3.8) is 0 Å². The van der Waals surface area contributed by atoms with E-state index in [0.29, 0.717) is 18.3 Å². The van der Waals surface area contributed by atoms with E-state index in [1.165, 1.54) is 35.1 Å². The molecule has 2 heterocycles. The van der Waals surface area contributed by atoms with Crippen LogP contribution in [0, 0.1) is 0 Å². The molecule has 1 N–H and O–H groups in total. The Morgan fingerprint density at radius 2 is 2.12 bits per heavy atom. The summed E-state index contributed by atoms with van der Waals surface area (Å²) in [5, 5.41) is 10.3. The van der Waals surface area contributed by atoms with Crippen LogP contribution in [0.15, 0.2) is 28.6 Å². The standard InChI is InChI=1S/C14H16N4O5S2/c1-22-12-3-2-10(25(20,21)18-4-6-23-7-5-18)8-11(12)13(19)16-14-17-15-9-24-14/h2-3,8-9H,4-7H2,1H3,(H,16,17,19). The fraction of sp³-hybridized carbons (Fsp3) is 0.357. The first kappa shape index (κ1) is 17.7. The van der Waals surface area contributed by atoms with Crippen LogP contribution >= 0.6 is 11.3 Å². The molecular weight excluding hydrogens is 368 g/mol. The molecule has 1 amide bonds. The van der Waals surface area contributed by atoms with Crippen molar-refractivity contribution in [2.24, 2.45) is 0 Å². The molecule has 0 atom stereocenters. The Kier molecular flexibility index (Phi) is 5.27. The molecule has 0 spiro atoms. The van der Waals surface area contributed by atoms with Gasteiger partial charge in [-0.15, -0.1) is 10.2 Å². The molecule has 1 aliphatic heterocycles. The third kappa shape index (κ3) is 3.79. The summed E-state index contributed by atoms with van der Waals surface area (Å²) in [5.74, 6) is -0.254. The minimum atomic E-state index is -3.71. The molecule has 1 aromatic carbocycles. The number of nitrogens with one attached hydrogen (secondary N) is 1. The number of carbonyl (C=O) groups is 1. The van der Waals surface area contributed by atoms with Crippen LogP contribution in [0.3, 0.4) is 0 Å². The Morgan fingerprint density at radius 3 is 2.76 bits per heavy atom. The predicted molar refractivity (Wildman–Crippen MR) is 90.4 cm³/mol. The quantitative estimate of drug-likeness (QED) is 0.812. The number of hydrogen-bond acceptors (Lipinski definition) is 8. The van der Waals surface area contributed by atoms with Crippen LogP contribution in [0.25, 0.3) is 0 Å².